The third kappa shape index (κ3) is 3.03. The summed E-state index contributed by atoms with van der Waals surface area (Å²) in [5.41, 5.74) is 6.30. The van der Waals surface area contributed by atoms with Crippen molar-refractivity contribution in [3.8, 4) is 28.6 Å². The normalized spacial score (nSPS) is 10.7. The van der Waals surface area contributed by atoms with Crippen LogP contribution in [-0.2, 0) is 0 Å². The molecule has 4 rings (SSSR count). The molecule has 0 fully saturated rings. The van der Waals surface area contributed by atoms with Crippen LogP contribution >= 0.6 is 11.6 Å². The number of rotatable bonds is 2. The average Bonchev–Trinajstić information content (AvgIpc) is 2.68. The van der Waals surface area contributed by atoms with Crippen molar-refractivity contribution >= 4 is 22.5 Å². The zero-order valence-corrected chi connectivity index (χ0v) is 15.6. The van der Waals surface area contributed by atoms with Crippen molar-refractivity contribution < 1.29 is 0 Å². The van der Waals surface area contributed by atoms with Crippen molar-refractivity contribution in [3.63, 3.8) is 0 Å². The summed E-state index contributed by atoms with van der Waals surface area (Å²) in [7, 11) is 0. The number of hydrogen-bond donors (Lipinski definition) is 0. The molecule has 2 aromatic heterocycles. The Morgan fingerprint density at radius 2 is 1.85 bits per heavy atom. The van der Waals surface area contributed by atoms with E-state index in [1.807, 2.05) is 50.2 Å². The van der Waals surface area contributed by atoms with Gasteiger partial charge in [-0.1, -0.05) is 29.8 Å². The number of nitriles is 1. The van der Waals surface area contributed by atoms with Crippen LogP contribution in [0.2, 0.25) is 5.02 Å². The van der Waals surface area contributed by atoms with Gasteiger partial charge in [0.1, 0.15) is 0 Å². The summed E-state index contributed by atoms with van der Waals surface area (Å²) in [6.45, 7) is 3.83. The Morgan fingerprint density at radius 3 is 2.67 bits per heavy atom. The fraction of sp³-hybridized carbons (Fsp3) is 0.0909. The van der Waals surface area contributed by atoms with Crippen molar-refractivity contribution in [2.75, 3.05) is 0 Å². The summed E-state index contributed by atoms with van der Waals surface area (Å²) in [5, 5.41) is 10.9. The van der Waals surface area contributed by atoms with Crippen LogP contribution in [0.3, 0.4) is 0 Å². The molecule has 0 saturated carbocycles. The van der Waals surface area contributed by atoms with Gasteiger partial charge < -0.3 is 0 Å². The molecule has 0 aliphatic heterocycles. The summed E-state index contributed by atoms with van der Waals surface area (Å²) < 4.78 is 0. The largest absolute Gasteiger partial charge is 0.255 e. The smallest absolute Gasteiger partial charge is 0.0994 e. The first-order chi connectivity index (χ1) is 13.1. The maximum absolute atomic E-state index is 9.38. The molecule has 0 atom stereocenters. The van der Waals surface area contributed by atoms with Crippen LogP contribution in [0.4, 0.5) is 0 Å². The Balaban J connectivity index is 2.00. The van der Waals surface area contributed by atoms with Crippen LogP contribution in [-0.4, -0.2) is 15.0 Å². The molecule has 2 heterocycles. The number of halogens is 1. The Kier molecular flexibility index (Phi) is 4.31. The monoisotopic (exact) mass is 370 g/mol. The molecule has 0 unspecified atom stereocenters. The minimum Gasteiger partial charge on any atom is -0.255 e. The van der Waals surface area contributed by atoms with E-state index < -0.39 is 0 Å². The molecule has 2 aromatic carbocycles. The second kappa shape index (κ2) is 6.79. The summed E-state index contributed by atoms with van der Waals surface area (Å²) in [5.74, 6) is 0. The van der Waals surface area contributed by atoms with E-state index in [2.05, 4.69) is 16.0 Å². The lowest BCUT2D eigenvalue weighted by Crippen LogP contribution is -1.98. The molecular formula is C22H15ClN4. The second-order valence-electron chi connectivity index (χ2n) is 6.33. The highest BCUT2D eigenvalue weighted by Gasteiger charge is 2.16. The zero-order chi connectivity index (χ0) is 19.0. The average molecular weight is 371 g/mol. The van der Waals surface area contributed by atoms with E-state index in [4.69, 9.17) is 16.6 Å². The molecule has 0 bridgehead atoms. The van der Waals surface area contributed by atoms with Crippen LogP contribution in [0.15, 0.2) is 54.9 Å². The van der Waals surface area contributed by atoms with Gasteiger partial charge in [-0.25, -0.2) is 4.98 Å². The predicted molar refractivity (Wildman–Crippen MR) is 107 cm³/mol. The fourth-order valence-electron chi connectivity index (χ4n) is 3.17. The number of aryl methyl sites for hydroxylation is 1. The van der Waals surface area contributed by atoms with Crippen LogP contribution in [0.25, 0.3) is 33.4 Å². The number of benzene rings is 2. The van der Waals surface area contributed by atoms with E-state index in [0.29, 0.717) is 10.6 Å². The molecule has 0 aliphatic carbocycles. The first-order valence-corrected chi connectivity index (χ1v) is 8.84. The van der Waals surface area contributed by atoms with E-state index in [1.165, 1.54) is 0 Å². The Morgan fingerprint density at radius 1 is 1.00 bits per heavy atom. The molecule has 27 heavy (non-hydrogen) atoms. The number of fused-ring (bicyclic) bond motifs is 1. The lowest BCUT2D eigenvalue weighted by atomic mass is 9.96. The Bertz CT molecular complexity index is 1220. The lowest BCUT2D eigenvalue weighted by molar-refractivity contribution is 1.12. The number of pyridine rings is 1. The van der Waals surface area contributed by atoms with E-state index >= 15 is 0 Å². The van der Waals surface area contributed by atoms with Gasteiger partial charge in [0.15, 0.2) is 0 Å². The lowest BCUT2D eigenvalue weighted by Gasteiger charge is -2.13. The molecule has 0 aliphatic rings. The summed E-state index contributed by atoms with van der Waals surface area (Å²) in [4.78, 5) is 13.7. The van der Waals surface area contributed by atoms with Crippen molar-refractivity contribution in [2.45, 2.75) is 13.8 Å². The number of aromatic nitrogens is 3. The standard InChI is InChI=1S/C22H15ClN4/c1-13-12-26-21(17-9-15-6-4-8-25-20(15)19(23)10-17)22(27-13)18-7-3-5-16(11-24)14(18)2/h3-10,12H,1-2H3. The molecule has 0 N–H and O–H groups in total. The highest BCUT2D eigenvalue weighted by molar-refractivity contribution is 6.35. The second-order valence-corrected chi connectivity index (χ2v) is 6.74. The molecule has 5 heteroatoms. The molecule has 0 spiro atoms. The van der Waals surface area contributed by atoms with Crippen LogP contribution < -0.4 is 0 Å². The van der Waals surface area contributed by atoms with Crippen molar-refractivity contribution in [1.29, 1.82) is 5.26 Å². The van der Waals surface area contributed by atoms with Gasteiger partial charge in [-0.2, -0.15) is 5.26 Å². The molecule has 0 saturated heterocycles. The van der Waals surface area contributed by atoms with E-state index in [1.54, 1.807) is 18.5 Å². The minimum atomic E-state index is 0.568. The zero-order valence-electron chi connectivity index (χ0n) is 14.9. The van der Waals surface area contributed by atoms with Crippen molar-refractivity contribution in [3.05, 3.63) is 76.7 Å². The molecule has 0 radical (unpaired) electrons. The van der Waals surface area contributed by atoms with Gasteiger partial charge in [0.25, 0.3) is 0 Å². The summed E-state index contributed by atoms with van der Waals surface area (Å²) in [6.07, 6.45) is 3.46. The maximum Gasteiger partial charge on any atom is 0.0994 e. The minimum absolute atomic E-state index is 0.568. The Labute approximate surface area is 162 Å². The third-order valence-electron chi connectivity index (χ3n) is 4.53. The topological polar surface area (TPSA) is 62.5 Å². The molecule has 130 valence electrons. The SMILES string of the molecule is Cc1cnc(-c2cc(Cl)c3ncccc3c2)c(-c2cccc(C#N)c2C)n1. The molecule has 4 aromatic rings. The predicted octanol–water partition coefficient (Wildman–Crippen LogP) is 5.50. The van der Waals surface area contributed by atoms with Gasteiger partial charge in [0.05, 0.1) is 39.3 Å². The molecule has 0 amide bonds. The van der Waals surface area contributed by atoms with Crippen LogP contribution in [0.1, 0.15) is 16.8 Å². The van der Waals surface area contributed by atoms with E-state index in [9.17, 15) is 5.26 Å². The fourth-order valence-corrected chi connectivity index (χ4v) is 3.45. The van der Waals surface area contributed by atoms with Crippen molar-refractivity contribution in [1.82, 2.24) is 15.0 Å². The van der Waals surface area contributed by atoms with Crippen molar-refractivity contribution in [2.24, 2.45) is 0 Å². The van der Waals surface area contributed by atoms with Gasteiger partial charge in [-0.3, -0.25) is 9.97 Å². The van der Waals surface area contributed by atoms with Crippen LogP contribution in [0.5, 0.6) is 0 Å². The van der Waals surface area contributed by atoms with Gasteiger partial charge in [-0.15, -0.1) is 0 Å². The molecular weight excluding hydrogens is 356 g/mol. The van der Waals surface area contributed by atoms with E-state index in [0.717, 1.165) is 44.7 Å². The maximum atomic E-state index is 9.38. The number of nitrogens with zero attached hydrogens (tertiary/aromatic N) is 4. The van der Waals surface area contributed by atoms with Gasteiger partial charge in [0.2, 0.25) is 0 Å². The summed E-state index contributed by atoms with van der Waals surface area (Å²) >= 11 is 6.47. The van der Waals surface area contributed by atoms with Gasteiger partial charge in [0, 0.05) is 28.9 Å². The summed E-state index contributed by atoms with van der Waals surface area (Å²) in [6, 6.07) is 15.6. The third-order valence-corrected chi connectivity index (χ3v) is 4.82. The highest BCUT2D eigenvalue weighted by atomic mass is 35.5. The quantitative estimate of drug-likeness (QED) is 0.467. The first kappa shape index (κ1) is 17.1. The Hall–Kier alpha value is -3.29. The molecule has 4 nitrogen and oxygen atoms in total. The van der Waals surface area contributed by atoms with Gasteiger partial charge >= 0.3 is 0 Å². The highest BCUT2D eigenvalue weighted by Crippen LogP contribution is 2.35. The first-order valence-electron chi connectivity index (χ1n) is 8.47. The van der Waals surface area contributed by atoms with Crippen LogP contribution in [0, 0.1) is 25.2 Å². The number of hydrogen-bond acceptors (Lipinski definition) is 4. The van der Waals surface area contributed by atoms with E-state index in [-0.39, 0.29) is 0 Å². The van der Waals surface area contributed by atoms with Gasteiger partial charge in [-0.05, 0) is 43.7 Å².